The molecular formula is C23H31N3O2S2. The number of thiophene rings is 1. The van der Waals surface area contributed by atoms with Crippen molar-refractivity contribution in [2.24, 2.45) is 16.7 Å². The lowest BCUT2D eigenvalue weighted by Crippen LogP contribution is -2.47. The second-order valence-corrected chi connectivity index (χ2v) is 12.2. The predicted molar refractivity (Wildman–Crippen MR) is 124 cm³/mol. The zero-order valence-corrected chi connectivity index (χ0v) is 19.7. The first-order chi connectivity index (χ1) is 14.3. The largest absolute Gasteiger partial charge is 0.352 e. The third-order valence-electron chi connectivity index (χ3n) is 8.48. The van der Waals surface area contributed by atoms with Gasteiger partial charge in [-0.1, -0.05) is 20.8 Å². The fourth-order valence-corrected chi connectivity index (χ4v) is 8.16. The number of aromatic amines is 1. The summed E-state index contributed by atoms with van der Waals surface area (Å²) in [6, 6.07) is 0.283. The summed E-state index contributed by atoms with van der Waals surface area (Å²) in [7, 11) is 0. The molecule has 3 unspecified atom stereocenters. The van der Waals surface area contributed by atoms with E-state index in [4.69, 9.17) is 4.98 Å². The Morgan fingerprint density at radius 1 is 1.30 bits per heavy atom. The number of fused-ring (bicyclic) bond motifs is 5. The van der Waals surface area contributed by atoms with Crippen LogP contribution in [0.15, 0.2) is 4.79 Å². The van der Waals surface area contributed by atoms with E-state index >= 15 is 0 Å². The molecule has 0 spiro atoms. The number of thioether (sulfide) groups is 1. The molecule has 2 heterocycles. The van der Waals surface area contributed by atoms with Crippen LogP contribution in [0.1, 0.15) is 69.1 Å². The van der Waals surface area contributed by atoms with Crippen molar-refractivity contribution in [3.05, 3.63) is 26.6 Å². The molecule has 1 amide bonds. The smallest absolute Gasteiger partial charge is 0.259 e. The average molecular weight is 446 g/mol. The molecule has 0 aromatic carbocycles. The van der Waals surface area contributed by atoms with Crippen molar-refractivity contribution in [2.75, 3.05) is 5.75 Å². The molecule has 7 heteroatoms. The molecular weight excluding hydrogens is 414 g/mol. The zero-order valence-electron chi connectivity index (χ0n) is 18.1. The maximum atomic E-state index is 12.7. The van der Waals surface area contributed by atoms with Gasteiger partial charge in [-0.2, -0.15) is 0 Å². The maximum Gasteiger partial charge on any atom is 0.259 e. The number of aromatic nitrogens is 2. The second kappa shape index (κ2) is 7.37. The van der Waals surface area contributed by atoms with E-state index < -0.39 is 0 Å². The molecule has 5 nitrogen and oxygen atoms in total. The Labute approximate surface area is 185 Å². The van der Waals surface area contributed by atoms with Gasteiger partial charge in [0.15, 0.2) is 0 Å². The number of amides is 1. The Balaban J connectivity index is 1.21. The van der Waals surface area contributed by atoms with E-state index in [1.165, 1.54) is 41.5 Å². The van der Waals surface area contributed by atoms with Crippen molar-refractivity contribution < 1.29 is 4.79 Å². The van der Waals surface area contributed by atoms with Crippen molar-refractivity contribution in [3.8, 4) is 0 Å². The Morgan fingerprint density at radius 3 is 2.83 bits per heavy atom. The van der Waals surface area contributed by atoms with Crippen LogP contribution in [0, 0.1) is 16.7 Å². The van der Waals surface area contributed by atoms with Gasteiger partial charge in [0, 0.05) is 10.9 Å². The first-order valence-corrected chi connectivity index (χ1v) is 13.2. The van der Waals surface area contributed by atoms with E-state index in [0.29, 0.717) is 22.7 Å². The van der Waals surface area contributed by atoms with E-state index in [-0.39, 0.29) is 22.9 Å². The minimum atomic E-state index is -0.0170. The molecule has 3 aliphatic carbocycles. The fourth-order valence-electron chi connectivity index (χ4n) is 6.18. The summed E-state index contributed by atoms with van der Waals surface area (Å²) in [4.78, 5) is 35.1. The van der Waals surface area contributed by atoms with Crippen LogP contribution in [-0.4, -0.2) is 27.7 Å². The summed E-state index contributed by atoms with van der Waals surface area (Å²) in [5.41, 5.74) is 1.71. The van der Waals surface area contributed by atoms with Crippen LogP contribution in [0.4, 0.5) is 0 Å². The van der Waals surface area contributed by atoms with Gasteiger partial charge < -0.3 is 10.3 Å². The number of hydrogen-bond acceptors (Lipinski definition) is 5. The van der Waals surface area contributed by atoms with Crippen LogP contribution in [0.2, 0.25) is 0 Å². The topological polar surface area (TPSA) is 74.8 Å². The fraction of sp³-hybridized carbons (Fsp3) is 0.696. The molecule has 0 saturated heterocycles. The van der Waals surface area contributed by atoms with Crippen LogP contribution < -0.4 is 10.9 Å². The van der Waals surface area contributed by atoms with Gasteiger partial charge in [-0.15, -0.1) is 23.1 Å². The van der Waals surface area contributed by atoms with Crippen molar-refractivity contribution in [2.45, 2.75) is 77.5 Å². The molecule has 2 aromatic rings. The third kappa shape index (κ3) is 3.15. The van der Waals surface area contributed by atoms with Crippen LogP contribution in [0.25, 0.3) is 10.2 Å². The Kier molecular flexibility index (Phi) is 5.05. The number of rotatable bonds is 5. The number of H-pyrrole nitrogens is 1. The quantitative estimate of drug-likeness (QED) is 0.714. The monoisotopic (exact) mass is 445 g/mol. The molecule has 2 fully saturated rings. The summed E-state index contributed by atoms with van der Waals surface area (Å²) in [6.45, 7) is 7.08. The number of carbonyl (C=O) groups is 1. The number of carbonyl (C=O) groups excluding carboxylic acids is 1. The van der Waals surface area contributed by atoms with Crippen molar-refractivity contribution >= 4 is 39.2 Å². The highest BCUT2D eigenvalue weighted by Gasteiger charge is 2.61. The molecule has 2 saturated carbocycles. The second-order valence-electron chi connectivity index (χ2n) is 10.1. The molecule has 0 aliphatic heterocycles. The lowest BCUT2D eigenvalue weighted by atomic mass is 9.69. The third-order valence-corrected chi connectivity index (χ3v) is 10.6. The minimum Gasteiger partial charge on any atom is -0.352 e. The summed E-state index contributed by atoms with van der Waals surface area (Å²) in [6.07, 6.45) is 8.02. The normalized spacial score (nSPS) is 29.3. The lowest BCUT2D eigenvalue weighted by Gasteiger charge is -2.39. The van der Waals surface area contributed by atoms with E-state index in [0.717, 1.165) is 41.8 Å². The predicted octanol–water partition coefficient (Wildman–Crippen LogP) is 4.43. The lowest BCUT2D eigenvalue weighted by molar-refractivity contribution is -0.120. The molecule has 2 bridgehead atoms. The SMILES string of the molecule is CC1(C)C2CCC1(C)C(NC(=O)CSCc1nc3sc4c(c3c(=O)[nH]1)CCCC4)C2. The van der Waals surface area contributed by atoms with E-state index in [1.807, 2.05) is 0 Å². The van der Waals surface area contributed by atoms with Gasteiger partial charge in [0.1, 0.15) is 10.7 Å². The Hall–Kier alpha value is -1.34. The van der Waals surface area contributed by atoms with Crippen LogP contribution in [0.5, 0.6) is 0 Å². The molecule has 3 aliphatic rings. The summed E-state index contributed by atoms with van der Waals surface area (Å²) in [5, 5.41) is 4.12. The average Bonchev–Trinajstić information content (AvgIpc) is 3.24. The molecule has 30 heavy (non-hydrogen) atoms. The van der Waals surface area contributed by atoms with Gasteiger partial charge in [0.05, 0.1) is 16.9 Å². The minimum absolute atomic E-state index is 0.0170. The molecule has 2 N–H and O–H groups in total. The van der Waals surface area contributed by atoms with Gasteiger partial charge in [0.2, 0.25) is 5.91 Å². The highest BCUT2D eigenvalue weighted by Crippen LogP contribution is 2.65. The van der Waals surface area contributed by atoms with Crippen LogP contribution >= 0.6 is 23.1 Å². The van der Waals surface area contributed by atoms with Crippen molar-refractivity contribution in [1.29, 1.82) is 0 Å². The van der Waals surface area contributed by atoms with Crippen LogP contribution in [-0.2, 0) is 23.4 Å². The molecule has 0 radical (unpaired) electrons. The first-order valence-electron chi connectivity index (χ1n) is 11.2. The zero-order chi connectivity index (χ0) is 21.1. The van der Waals surface area contributed by atoms with Gasteiger partial charge in [-0.05, 0) is 67.3 Å². The summed E-state index contributed by atoms with van der Waals surface area (Å²) < 4.78 is 0. The van der Waals surface area contributed by atoms with E-state index in [9.17, 15) is 9.59 Å². The summed E-state index contributed by atoms with van der Waals surface area (Å²) in [5.74, 6) is 2.46. The summed E-state index contributed by atoms with van der Waals surface area (Å²) >= 11 is 3.20. The van der Waals surface area contributed by atoms with Crippen LogP contribution in [0.3, 0.4) is 0 Å². The number of nitrogens with one attached hydrogen (secondary N) is 2. The molecule has 162 valence electrons. The number of aryl methyl sites for hydroxylation is 2. The molecule has 5 rings (SSSR count). The van der Waals surface area contributed by atoms with E-state index in [1.54, 1.807) is 11.3 Å². The van der Waals surface area contributed by atoms with Crippen molar-refractivity contribution in [1.82, 2.24) is 15.3 Å². The van der Waals surface area contributed by atoms with Crippen molar-refractivity contribution in [3.63, 3.8) is 0 Å². The standard InChI is InChI=1S/C23H31N3O2S2/c1-22(2)13-8-9-23(22,3)16(10-13)24-18(27)12-29-11-17-25-20(28)19-14-6-4-5-7-15(14)30-21(19)26-17/h13,16H,4-12H2,1-3H3,(H,24,27)(H,25,26,28). The molecule has 2 aromatic heterocycles. The Bertz CT molecular complexity index is 1060. The highest BCUT2D eigenvalue weighted by atomic mass is 32.2. The van der Waals surface area contributed by atoms with Gasteiger partial charge in [0.25, 0.3) is 5.56 Å². The highest BCUT2D eigenvalue weighted by molar-refractivity contribution is 7.99. The number of nitrogens with zero attached hydrogens (tertiary/aromatic N) is 1. The first kappa shape index (κ1) is 20.6. The van der Waals surface area contributed by atoms with Gasteiger partial charge in [-0.3, -0.25) is 9.59 Å². The van der Waals surface area contributed by atoms with Gasteiger partial charge in [-0.25, -0.2) is 4.98 Å². The van der Waals surface area contributed by atoms with Gasteiger partial charge >= 0.3 is 0 Å². The van der Waals surface area contributed by atoms with E-state index in [2.05, 4.69) is 31.1 Å². The molecule has 3 atom stereocenters. The Morgan fingerprint density at radius 2 is 2.10 bits per heavy atom. The maximum absolute atomic E-state index is 12.7. The number of hydrogen-bond donors (Lipinski definition) is 2.